The highest BCUT2D eigenvalue weighted by atomic mass is 32.2. The molecule has 0 aliphatic rings. The van der Waals surface area contributed by atoms with Crippen LogP contribution in [0.1, 0.15) is 0 Å². The van der Waals surface area contributed by atoms with Crippen LogP contribution in [0.5, 0.6) is 0 Å². The first-order valence-corrected chi connectivity index (χ1v) is 3.71. The fourth-order valence-corrected chi connectivity index (χ4v) is 0.927. The molecule has 0 aromatic heterocycles. The first-order valence-electron chi connectivity index (χ1n) is 2.43. The molecular weight excluding hydrogens is 142 g/mol. The fraction of sp³-hybridized carbons (Fsp3) is 0.750. The van der Waals surface area contributed by atoms with Crippen LogP contribution in [0.25, 0.3) is 0 Å². The molecule has 0 aromatic rings. The third-order valence-electron chi connectivity index (χ3n) is 0.852. The lowest BCUT2D eigenvalue weighted by Gasteiger charge is -2.00. The van der Waals surface area contributed by atoms with Crippen LogP contribution in [0.2, 0.25) is 0 Å². The van der Waals surface area contributed by atoms with Gasteiger partial charge in [0, 0.05) is 12.5 Å². The molecule has 0 radical (unpaired) electrons. The van der Waals surface area contributed by atoms with Gasteiger partial charge in [-0.15, -0.1) is 0 Å². The second-order valence-electron chi connectivity index (χ2n) is 1.62. The highest BCUT2D eigenvalue weighted by Crippen LogP contribution is 1.89. The predicted octanol–water partition coefficient (Wildman–Crippen LogP) is -1.02. The highest BCUT2D eigenvalue weighted by Gasteiger charge is 2.06. The number of nitrogens with two attached hydrogens (primary N) is 1. The van der Waals surface area contributed by atoms with Crippen LogP contribution in [0.3, 0.4) is 0 Å². The van der Waals surface area contributed by atoms with Gasteiger partial charge in [-0.3, -0.25) is 0 Å². The van der Waals surface area contributed by atoms with E-state index in [2.05, 4.69) is 0 Å². The molecule has 0 spiro atoms. The lowest BCUT2D eigenvalue weighted by Crippen LogP contribution is -2.21. The van der Waals surface area contributed by atoms with Crippen LogP contribution < -0.4 is 5.73 Å². The Morgan fingerprint density at radius 3 is 2.44 bits per heavy atom. The maximum atomic E-state index is 10.0. The van der Waals surface area contributed by atoms with Crippen molar-refractivity contribution in [2.24, 2.45) is 11.7 Å². The van der Waals surface area contributed by atoms with Crippen molar-refractivity contribution in [1.29, 1.82) is 0 Å². The maximum absolute atomic E-state index is 10.0. The number of aldehydes is 1. The molecule has 2 unspecified atom stereocenters. The number of hydrogen-bond acceptors (Lipinski definition) is 3. The molecule has 0 saturated heterocycles. The Bertz CT molecular complexity index is 116. The van der Waals surface area contributed by atoms with Gasteiger partial charge in [0.1, 0.15) is 6.29 Å². The Hall–Kier alpha value is -0.260. The number of rotatable bonds is 4. The molecule has 0 rings (SSSR count). The second-order valence-corrected chi connectivity index (χ2v) is 2.60. The van der Waals surface area contributed by atoms with Gasteiger partial charge >= 0.3 is 0 Å². The van der Waals surface area contributed by atoms with Crippen molar-refractivity contribution in [1.82, 2.24) is 0 Å². The third kappa shape index (κ3) is 4.26. The van der Waals surface area contributed by atoms with Gasteiger partial charge in [0.15, 0.2) is 11.1 Å². The van der Waals surface area contributed by atoms with E-state index in [1.54, 1.807) is 0 Å². The minimum atomic E-state index is -1.91. The molecule has 0 aromatic carbocycles. The first kappa shape index (κ1) is 8.74. The van der Waals surface area contributed by atoms with Crippen LogP contribution in [0.4, 0.5) is 0 Å². The Morgan fingerprint density at radius 1 is 1.78 bits per heavy atom. The molecule has 3 N–H and O–H groups in total. The molecule has 0 bridgehead atoms. The van der Waals surface area contributed by atoms with Gasteiger partial charge in [-0.2, -0.15) is 0 Å². The van der Waals surface area contributed by atoms with Gasteiger partial charge in [-0.1, -0.05) is 0 Å². The van der Waals surface area contributed by atoms with E-state index in [0.29, 0.717) is 6.29 Å². The monoisotopic (exact) mass is 151 g/mol. The Kier molecular flexibility index (Phi) is 4.47. The summed E-state index contributed by atoms with van der Waals surface area (Å²) in [7, 11) is 0. The molecule has 2 atom stereocenters. The molecule has 0 aliphatic heterocycles. The van der Waals surface area contributed by atoms with Crippen LogP contribution in [0, 0.1) is 5.92 Å². The van der Waals surface area contributed by atoms with Gasteiger partial charge in [-0.25, -0.2) is 4.21 Å². The quantitative estimate of drug-likeness (QED) is 0.398. The molecule has 54 valence electrons. The molecule has 0 amide bonds. The zero-order chi connectivity index (χ0) is 7.28. The van der Waals surface area contributed by atoms with Gasteiger partial charge < -0.3 is 15.1 Å². The summed E-state index contributed by atoms with van der Waals surface area (Å²) in [6.45, 7) is 0.135. The summed E-state index contributed by atoms with van der Waals surface area (Å²) >= 11 is -1.91. The van der Waals surface area contributed by atoms with Crippen LogP contribution in [-0.4, -0.2) is 27.3 Å². The lowest BCUT2D eigenvalue weighted by molar-refractivity contribution is -0.110. The number of carbonyl (C=O) groups excluding carboxylic acids is 1. The van der Waals surface area contributed by atoms with Crippen molar-refractivity contribution >= 4 is 17.4 Å². The van der Waals surface area contributed by atoms with E-state index < -0.39 is 17.0 Å². The van der Waals surface area contributed by atoms with Gasteiger partial charge in [0.05, 0.1) is 5.75 Å². The summed E-state index contributed by atoms with van der Waals surface area (Å²) in [5.41, 5.74) is 5.05. The average Bonchev–Trinajstić information content (AvgIpc) is 1.82. The molecule has 0 aliphatic carbocycles. The molecular formula is C4H9NO3S. The molecule has 0 saturated carbocycles. The molecule has 0 heterocycles. The minimum absolute atomic E-state index is 0.0556. The van der Waals surface area contributed by atoms with E-state index in [4.69, 9.17) is 10.3 Å². The summed E-state index contributed by atoms with van der Waals surface area (Å²) in [6.07, 6.45) is 0.591. The standard InChI is InChI=1S/C4H9NO3S/c5-1-4(2-6)3-9(7)8/h2,4H,1,3,5H2,(H,7,8). The van der Waals surface area contributed by atoms with Crippen LogP contribution in [0.15, 0.2) is 0 Å². The van der Waals surface area contributed by atoms with Crippen molar-refractivity contribution < 1.29 is 13.6 Å². The van der Waals surface area contributed by atoms with Crippen LogP contribution >= 0.6 is 0 Å². The Morgan fingerprint density at radius 2 is 2.33 bits per heavy atom. The lowest BCUT2D eigenvalue weighted by atomic mass is 10.2. The van der Waals surface area contributed by atoms with Gasteiger partial charge in [-0.05, 0) is 0 Å². The van der Waals surface area contributed by atoms with E-state index in [9.17, 15) is 9.00 Å². The van der Waals surface area contributed by atoms with Crippen molar-refractivity contribution in [3.63, 3.8) is 0 Å². The fourth-order valence-electron chi connectivity index (χ4n) is 0.346. The first-order chi connectivity index (χ1) is 4.20. The SMILES string of the molecule is NCC(C=O)CS(=O)O. The zero-order valence-corrected chi connectivity index (χ0v) is 5.63. The summed E-state index contributed by atoms with van der Waals surface area (Å²) in [4.78, 5) is 9.95. The molecule has 5 heteroatoms. The smallest absolute Gasteiger partial charge is 0.153 e. The predicted molar refractivity (Wildman–Crippen MR) is 34.2 cm³/mol. The second kappa shape index (κ2) is 4.60. The number of hydrogen-bond donors (Lipinski definition) is 2. The molecule has 9 heavy (non-hydrogen) atoms. The van der Waals surface area contributed by atoms with Crippen molar-refractivity contribution in [3.05, 3.63) is 0 Å². The average molecular weight is 151 g/mol. The maximum Gasteiger partial charge on any atom is 0.153 e. The summed E-state index contributed by atoms with van der Waals surface area (Å²) in [6, 6.07) is 0. The van der Waals surface area contributed by atoms with E-state index in [1.165, 1.54) is 0 Å². The largest absolute Gasteiger partial charge is 0.330 e. The van der Waals surface area contributed by atoms with Crippen molar-refractivity contribution in [3.8, 4) is 0 Å². The van der Waals surface area contributed by atoms with Crippen molar-refractivity contribution in [2.45, 2.75) is 0 Å². The zero-order valence-electron chi connectivity index (χ0n) is 4.82. The topological polar surface area (TPSA) is 80.4 Å². The highest BCUT2D eigenvalue weighted by molar-refractivity contribution is 7.79. The van der Waals surface area contributed by atoms with Crippen molar-refractivity contribution in [2.75, 3.05) is 12.3 Å². The summed E-state index contributed by atoms with van der Waals surface area (Å²) < 4.78 is 18.3. The van der Waals surface area contributed by atoms with Crippen LogP contribution in [-0.2, 0) is 15.9 Å². The van der Waals surface area contributed by atoms with E-state index >= 15 is 0 Å². The molecule has 0 fully saturated rings. The molecule has 4 nitrogen and oxygen atoms in total. The van der Waals surface area contributed by atoms with E-state index in [1.807, 2.05) is 0 Å². The summed E-state index contributed by atoms with van der Waals surface area (Å²) in [5.74, 6) is -0.532. The van der Waals surface area contributed by atoms with Gasteiger partial charge in [0.25, 0.3) is 0 Å². The van der Waals surface area contributed by atoms with Gasteiger partial charge in [0.2, 0.25) is 0 Å². The summed E-state index contributed by atoms with van der Waals surface area (Å²) in [5, 5.41) is 0. The Labute approximate surface area is 55.7 Å². The van der Waals surface area contributed by atoms with E-state index in [0.717, 1.165) is 0 Å². The van der Waals surface area contributed by atoms with E-state index in [-0.39, 0.29) is 12.3 Å². The third-order valence-corrected chi connectivity index (χ3v) is 1.57. The minimum Gasteiger partial charge on any atom is -0.330 e. The normalized spacial score (nSPS) is 16.7. The number of carbonyl (C=O) groups is 1. The Balaban J connectivity index is 3.55.